The molecule has 2 rings (SSSR count). The summed E-state index contributed by atoms with van der Waals surface area (Å²) in [6.07, 6.45) is 7.42. The molecule has 0 bridgehead atoms. The molecule has 0 atom stereocenters. The van der Waals surface area contributed by atoms with Crippen molar-refractivity contribution in [3.8, 4) is 0 Å². The Hall–Kier alpha value is -1.58. The van der Waals surface area contributed by atoms with E-state index in [0.29, 0.717) is 0 Å². The van der Waals surface area contributed by atoms with Crippen LogP contribution in [-0.4, -0.2) is 19.3 Å². The molecule has 0 spiro atoms. The zero-order chi connectivity index (χ0) is 8.39. The van der Waals surface area contributed by atoms with Crippen LogP contribution < -0.4 is 0 Å². The normalized spacial score (nSPS) is 10.4. The van der Waals surface area contributed by atoms with Gasteiger partial charge >= 0.3 is 0 Å². The Bertz CT molecular complexity index is 347. The topological polar surface area (TPSA) is 35.6 Å². The molecular weight excluding hydrogens is 152 g/mol. The summed E-state index contributed by atoms with van der Waals surface area (Å²) < 4.78 is 3.79. The number of hydrogen-bond acceptors (Lipinski definition) is 2. The highest BCUT2D eigenvalue weighted by atomic mass is 15.3. The standard InChI is InChI=1S/C8H10N4/c1-11-4-2-8(10-11)6-12-5-3-9-7-12/h2-5,7H,6H2,1H3. The fraction of sp³-hybridized carbons (Fsp3) is 0.250. The van der Waals surface area contributed by atoms with Gasteiger partial charge in [0.15, 0.2) is 0 Å². The Morgan fingerprint density at radius 1 is 1.42 bits per heavy atom. The van der Waals surface area contributed by atoms with Gasteiger partial charge in [-0.1, -0.05) is 0 Å². The second kappa shape index (κ2) is 2.81. The van der Waals surface area contributed by atoms with Crippen LogP contribution >= 0.6 is 0 Å². The predicted molar refractivity (Wildman–Crippen MR) is 44.5 cm³/mol. The van der Waals surface area contributed by atoms with Gasteiger partial charge in [0.1, 0.15) is 0 Å². The van der Waals surface area contributed by atoms with Crippen LogP contribution in [0.2, 0.25) is 0 Å². The van der Waals surface area contributed by atoms with Crippen LogP contribution in [0.4, 0.5) is 0 Å². The Kier molecular flexibility index (Phi) is 1.66. The van der Waals surface area contributed by atoms with E-state index in [1.165, 1.54) is 0 Å². The first-order valence-corrected chi connectivity index (χ1v) is 3.79. The Morgan fingerprint density at radius 2 is 2.33 bits per heavy atom. The van der Waals surface area contributed by atoms with Crippen LogP contribution in [0.3, 0.4) is 0 Å². The summed E-state index contributed by atoms with van der Waals surface area (Å²) in [5.74, 6) is 0. The van der Waals surface area contributed by atoms with Gasteiger partial charge in [0.05, 0.1) is 18.6 Å². The van der Waals surface area contributed by atoms with E-state index >= 15 is 0 Å². The maximum atomic E-state index is 4.25. The number of nitrogens with zero attached hydrogens (tertiary/aromatic N) is 4. The summed E-state index contributed by atoms with van der Waals surface area (Å²) in [5.41, 5.74) is 1.05. The molecule has 2 aromatic rings. The molecule has 2 heterocycles. The molecular formula is C8H10N4. The third-order valence-corrected chi connectivity index (χ3v) is 1.67. The summed E-state index contributed by atoms with van der Waals surface area (Å²) in [6, 6.07) is 2.00. The first-order chi connectivity index (χ1) is 5.84. The molecule has 0 aliphatic carbocycles. The molecule has 2 aromatic heterocycles. The number of imidazole rings is 1. The van der Waals surface area contributed by atoms with Gasteiger partial charge < -0.3 is 4.57 Å². The molecule has 62 valence electrons. The van der Waals surface area contributed by atoms with E-state index in [-0.39, 0.29) is 0 Å². The summed E-state index contributed by atoms with van der Waals surface area (Å²) in [6.45, 7) is 0.792. The minimum atomic E-state index is 0.792. The van der Waals surface area contributed by atoms with Crippen molar-refractivity contribution in [2.75, 3.05) is 0 Å². The molecule has 0 unspecified atom stereocenters. The van der Waals surface area contributed by atoms with Gasteiger partial charge in [-0.05, 0) is 6.07 Å². The number of aromatic nitrogens is 4. The largest absolute Gasteiger partial charge is 0.331 e. The molecule has 0 aromatic carbocycles. The lowest BCUT2D eigenvalue weighted by atomic mass is 10.4. The van der Waals surface area contributed by atoms with Gasteiger partial charge in [-0.15, -0.1) is 0 Å². The third kappa shape index (κ3) is 1.37. The van der Waals surface area contributed by atoms with Crippen LogP contribution in [-0.2, 0) is 13.6 Å². The highest BCUT2D eigenvalue weighted by Gasteiger charge is 1.96. The molecule has 0 aliphatic heterocycles. The van der Waals surface area contributed by atoms with Gasteiger partial charge in [-0.3, -0.25) is 4.68 Å². The lowest BCUT2D eigenvalue weighted by Crippen LogP contribution is -1.98. The van der Waals surface area contributed by atoms with Gasteiger partial charge in [-0.2, -0.15) is 5.10 Å². The van der Waals surface area contributed by atoms with Gasteiger partial charge in [0.2, 0.25) is 0 Å². The molecule has 12 heavy (non-hydrogen) atoms. The molecule has 4 nitrogen and oxygen atoms in total. The smallest absolute Gasteiger partial charge is 0.0949 e. The second-order valence-corrected chi connectivity index (χ2v) is 2.72. The van der Waals surface area contributed by atoms with E-state index in [1.807, 2.05) is 30.1 Å². The monoisotopic (exact) mass is 162 g/mol. The molecule has 4 heteroatoms. The molecule has 0 aliphatic rings. The minimum Gasteiger partial charge on any atom is -0.331 e. The van der Waals surface area contributed by atoms with E-state index < -0.39 is 0 Å². The first kappa shape index (κ1) is 7.09. The van der Waals surface area contributed by atoms with Crippen LogP contribution in [0.5, 0.6) is 0 Å². The zero-order valence-corrected chi connectivity index (χ0v) is 6.88. The van der Waals surface area contributed by atoms with E-state index in [9.17, 15) is 0 Å². The number of hydrogen-bond donors (Lipinski definition) is 0. The van der Waals surface area contributed by atoms with E-state index in [2.05, 4.69) is 10.1 Å². The van der Waals surface area contributed by atoms with Crippen molar-refractivity contribution < 1.29 is 0 Å². The van der Waals surface area contributed by atoms with Crippen molar-refractivity contribution >= 4 is 0 Å². The van der Waals surface area contributed by atoms with E-state index in [0.717, 1.165) is 12.2 Å². The number of rotatable bonds is 2. The fourth-order valence-electron chi connectivity index (χ4n) is 1.11. The predicted octanol–water partition coefficient (Wildman–Crippen LogP) is 0.665. The SMILES string of the molecule is Cn1ccc(Cn2ccnc2)n1. The zero-order valence-electron chi connectivity index (χ0n) is 6.88. The van der Waals surface area contributed by atoms with Crippen LogP contribution in [0, 0.1) is 0 Å². The van der Waals surface area contributed by atoms with Gasteiger partial charge in [0, 0.05) is 25.6 Å². The number of aryl methyl sites for hydroxylation is 1. The summed E-state index contributed by atoms with van der Waals surface area (Å²) in [7, 11) is 1.91. The molecule has 0 fully saturated rings. The van der Waals surface area contributed by atoms with Gasteiger partial charge in [-0.25, -0.2) is 4.98 Å². The van der Waals surface area contributed by atoms with Gasteiger partial charge in [0.25, 0.3) is 0 Å². The Morgan fingerprint density at radius 3 is 2.92 bits per heavy atom. The molecule has 0 N–H and O–H groups in total. The minimum absolute atomic E-state index is 0.792. The van der Waals surface area contributed by atoms with Crippen LogP contribution in [0.15, 0.2) is 31.0 Å². The maximum Gasteiger partial charge on any atom is 0.0949 e. The van der Waals surface area contributed by atoms with Crippen molar-refractivity contribution in [2.45, 2.75) is 6.54 Å². The van der Waals surface area contributed by atoms with Crippen molar-refractivity contribution in [1.82, 2.24) is 19.3 Å². The van der Waals surface area contributed by atoms with E-state index in [1.54, 1.807) is 17.2 Å². The third-order valence-electron chi connectivity index (χ3n) is 1.67. The highest BCUT2D eigenvalue weighted by Crippen LogP contribution is 1.97. The average molecular weight is 162 g/mol. The van der Waals surface area contributed by atoms with Crippen molar-refractivity contribution in [1.29, 1.82) is 0 Å². The highest BCUT2D eigenvalue weighted by molar-refractivity contribution is 4.99. The molecule has 0 saturated heterocycles. The van der Waals surface area contributed by atoms with Crippen molar-refractivity contribution in [2.24, 2.45) is 7.05 Å². The van der Waals surface area contributed by atoms with Crippen LogP contribution in [0.25, 0.3) is 0 Å². The molecule has 0 saturated carbocycles. The first-order valence-electron chi connectivity index (χ1n) is 3.79. The quantitative estimate of drug-likeness (QED) is 0.650. The summed E-state index contributed by atoms with van der Waals surface area (Å²) >= 11 is 0. The molecule has 0 radical (unpaired) electrons. The second-order valence-electron chi connectivity index (χ2n) is 2.72. The Balaban J connectivity index is 2.14. The fourth-order valence-corrected chi connectivity index (χ4v) is 1.11. The maximum absolute atomic E-state index is 4.25. The molecule has 0 amide bonds. The lowest BCUT2D eigenvalue weighted by molar-refractivity contribution is 0.706. The average Bonchev–Trinajstić information content (AvgIpc) is 2.63. The lowest BCUT2D eigenvalue weighted by Gasteiger charge is -1.96. The summed E-state index contributed by atoms with van der Waals surface area (Å²) in [4.78, 5) is 3.95. The van der Waals surface area contributed by atoms with Crippen LogP contribution in [0.1, 0.15) is 5.69 Å². The Labute approximate surface area is 70.5 Å². The summed E-state index contributed by atoms with van der Waals surface area (Å²) in [5, 5.41) is 4.25. The van der Waals surface area contributed by atoms with E-state index in [4.69, 9.17) is 0 Å². The van der Waals surface area contributed by atoms with Crippen molar-refractivity contribution in [3.05, 3.63) is 36.7 Å². The van der Waals surface area contributed by atoms with Crippen molar-refractivity contribution in [3.63, 3.8) is 0 Å².